The van der Waals surface area contributed by atoms with Gasteiger partial charge >= 0.3 is 0 Å². The Morgan fingerprint density at radius 1 is 0.600 bits per heavy atom. The van der Waals surface area contributed by atoms with E-state index in [2.05, 4.69) is 113 Å². The van der Waals surface area contributed by atoms with E-state index in [0.717, 1.165) is 11.2 Å². The Bertz CT molecular complexity index is 1800. The molecule has 0 amide bonds. The second kappa shape index (κ2) is 7.09. The highest BCUT2D eigenvalue weighted by atomic mass is 16.3. The number of rotatable bonds is 2. The van der Waals surface area contributed by atoms with Crippen molar-refractivity contribution in [3.05, 3.63) is 108 Å². The Morgan fingerprint density at radius 3 is 2.03 bits per heavy atom. The van der Waals surface area contributed by atoms with Crippen molar-refractivity contribution in [1.29, 1.82) is 0 Å². The van der Waals surface area contributed by atoms with E-state index in [0.29, 0.717) is 5.92 Å². The smallest absolute Gasteiger partial charge is 0.143 e. The molecule has 0 saturated carbocycles. The molecule has 1 aromatic heterocycles. The summed E-state index contributed by atoms with van der Waals surface area (Å²) in [6, 6.07) is 33.4. The molecule has 0 saturated heterocycles. The van der Waals surface area contributed by atoms with Crippen LogP contribution in [-0.2, 0) is 5.41 Å². The summed E-state index contributed by atoms with van der Waals surface area (Å²) < 4.78 is 6.34. The summed E-state index contributed by atoms with van der Waals surface area (Å²) in [5.74, 6) is 0.526. The second-order valence-electron chi connectivity index (χ2n) is 10.8. The van der Waals surface area contributed by atoms with Crippen molar-refractivity contribution in [2.24, 2.45) is 0 Å². The quantitative estimate of drug-likeness (QED) is 0.255. The highest BCUT2D eigenvalue weighted by Crippen LogP contribution is 2.51. The lowest BCUT2D eigenvalue weighted by atomic mass is 9.80. The number of para-hydroxylation sites is 1. The zero-order valence-electron chi connectivity index (χ0n) is 20.6. The lowest BCUT2D eigenvalue weighted by molar-refractivity contribution is 0.658. The van der Waals surface area contributed by atoms with Crippen molar-refractivity contribution in [2.45, 2.75) is 39.0 Å². The third-order valence-electron chi connectivity index (χ3n) is 8.06. The predicted octanol–water partition coefficient (Wildman–Crippen LogP) is 9.84. The van der Waals surface area contributed by atoms with Gasteiger partial charge in [0.25, 0.3) is 0 Å². The molecule has 0 atom stereocenters. The number of furan rings is 1. The Labute approximate surface area is 206 Å². The summed E-state index contributed by atoms with van der Waals surface area (Å²) in [4.78, 5) is 0. The molecule has 0 aliphatic heterocycles. The minimum Gasteiger partial charge on any atom is -0.455 e. The van der Waals surface area contributed by atoms with Crippen LogP contribution in [0.25, 0.3) is 55.0 Å². The van der Waals surface area contributed by atoms with Crippen LogP contribution < -0.4 is 0 Å². The first-order valence-electron chi connectivity index (χ1n) is 12.6. The largest absolute Gasteiger partial charge is 0.455 e. The maximum atomic E-state index is 6.34. The number of hydrogen-bond donors (Lipinski definition) is 0. The van der Waals surface area contributed by atoms with Gasteiger partial charge in [0.1, 0.15) is 11.2 Å². The summed E-state index contributed by atoms with van der Waals surface area (Å²) >= 11 is 0. The third kappa shape index (κ3) is 2.82. The molecule has 1 heterocycles. The Morgan fingerprint density at radius 2 is 1.26 bits per heavy atom. The highest BCUT2D eigenvalue weighted by molar-refractivity contribution is 6.19. The van der Waals surface area contributed by atoms with Gasteiger partial charge in [0.15, 0.2) is 0 Å². The van der Waals surface area contributed by atoms with Crippen LogP contribution in [0, 0.1) is 0 Å². The van der Waals surface area contributed by atoms with Crippen LogP contribution >= 0.6 is 0 Å². The SMILES string of the molecule is CC(C)c1ccc2c(c1)C(C)(C)c1cc(-c3cc4c5ccccc5oc4c4ccccc34)ccc1-2. The van der Waals surface area contributed by atoms with Gasteiger partial charge in [0.2, 0.25) is 0 Å². The maximum absolute atomic E-state index is 6.34. The molecule has 0 unspecified atom stereocenters. The summed E-state index contributed by atoms with van der Waals surface area (Å²) in [7, 11) is 0. The zero-order chi connectivity index (χ0) is 23.9. The molecule has 0 N–H and O–H groups in total. The second-order valence-corrected chi connectivity index (χ2v) is 10.8. The maximum Gasteiger partial charge on any atom is 0.143 e. The van der Waals surface area contributed by atoms with E-state index in [1.807, 2.05) is 6.07 Å². The van der Waals surface area contributed by atoms with Gasteiger partial charge in [-0.1, -0.05) is 100 Å². The lowest BCUT2D eigenvalue weighted by Gasteiger charge is -2.23. The van der Waals surface area contributed by atoms with E-state index < -0.39 is 0 Å². The van der Waals surface area contributed by atoms with Crippen LogP contribution in [-0.4, -0.2) is 0 Å². The summed E-state index contributed by atoms with van der Waals surface area (Å²) in [5, 5.41) is 4.75. The average Bonchev–Trinajstić information content (AvgIpc) is 3.36. The van der Waals surface area contributed by atoms with Crippen molar-refractivity contribution in [2.75, 3.05) is 0 Å². The van der Waals surface area contributed by atoms with Crippen LogP contribution in [0.3, 0.4) is 0 Å². The van der Waals surface area contributed by atoms with Gasteiger partial charge in [-0.15, -0.1) is 0 Å². The van der Waals surface area contributed by atoms with Crippen molar-refractivity contribution in [3.8, 4) is 22.3 Å². The van der Waals surface area contributed by atoms with Crippen LogP contribution in [0.2, 0.25) is 0 Å². The molecule has 0 bridgehead atoms. The molecule has 170 valence electrons. The topological polar surface area (TPSA) is 13.1 Å². The molecule has 0 spiro atoms. The summed E-state index contributed by atoms with van der Waals surface area (Å²) in [6.45, 7) is 9.29. The number of hydrogen-bond acceptors (Lipinski definition) is 1. The molecule has 5 aromatic carbocycles. The van der Waals surface area contributed by atoms with Crippen molar-refractivity contribution in [3.63, 3.8) is 0 Å². The van der Waals surface area contributed by atoms with Gasteiger partial charge in [-0.25, -0.2) is 0 Å². The third-order valence-corrected chi connectivity index (χ3v) is 8.06. The molecule has 1 nitrogen and oxygen atoms in total. The van der Waals surface area contributed by atoms with Crippen LogP contribution in [0.4, 0.5) is 0 Å². The molecular formula is C34H28O. The van der Waals surface area contributed by atoms with Gasteiger partial charge < -0.3 is 4.42 Å². The van der Waals surface area contributed by atoms with Gasteiger partial charge in [0.05, 0.1) is 0 Å². The van der Waals surface area contributed by atoms with E-state index in [1.54, 1.807) is 0 Å². The summed E-state index contributed by atoms with van der Waals surface area (Å²) in [5.41, 5.74) is 11.4. The van der Waals surface area contributed by atoms with Gasteiger partial charge in [-0.05, 0) is 68.4 Å². The molecule has 1 aliphatic rings. The lowest BCUT2D eigenvalue weighted by Crippen LogP contribution is -2.15. The fourth-order valence-electron chi connectivity index (χ4n) is 6.07. The molecule has 1 aliphatic carbocycles. The Kier molecular flexibility index (Phi) is 4.16. The Hall–Kier alpha value is -3.84. The fourth-order valence-corrected chi connectivity index (χ4v) is 6.07. The predicted molar refractivity (Wildman–Crippen MR) is 148 cm³/mol. The Balaban J connectivity index is 1.49. The average molecular weight is 453 g/mol. The first kappa shape index (κ1) is 20.5. The molecule has 1 heteroatoms. The molecular weight excluding hydrogens is 424 g/mol. The molecule has 7 rings (SSSR count). The minimum atomic E-state index is -0.0339. The van der Waals surface area contributed by atoms with Crippen molar-refractivity contribution in [1.82, 2.24) is 0 Å². The van der Waals surface area contributed by atoms with Crippen molar-refractivity contribution >= 4 is 32.7 Å². The molecule has 35 heavy (non-hydrogen) atoms. The van der Waals surface area contributed by atoms with Gasteiger partial charge in [-0.2, -0.15) is 0 Å². The van der Waals surface area contributed by atoms with E-state index in [-0.39, 0.29) is 5.41 Å². The first-order chi connectivity index (χ1) is 16.9. The van der Waals surface area contributed by atoms with E-state index in [9.17, 15) is 0 Å². The van der Waals surface area contributed by atoms with Crippen LogP contribution in [0.5, 0.6) is 0 Å². The zero-order valence-corrected chi connectivity index (χ0v) is 20.6. The highest BCUT2D eigenvalue weighted by Gasteiger charge is 2.36. The number of benzene rings is 5. The van der Waals surface area contributed by atoms with Crippen molar-refractivity contribution < 1.29 is 4.42 Å². The van der Waals surface area contributed by atoms with E-state index in [4.69, 9.17) is 4.42 Å². The van der Waals surface area contributed by atoms with Crippen LogP contribution in [0.15, 0.2) is 95.4 Å². The fraction of sp³-hybridized carbons (Fsp3) is 0.176. The standard InChI is InChI=1S/C34H28O/c1-20(2)21-13-15-24-25-16-14-22(18-31(25)34(3,4)30(24)17-21)28-19-29-26-10-7-8-12-32(26)35-33(29)27-11-6-5-9-23(27)28/h5-20H,1-4H3. The van der Waals surface area contributed by atoms with E-state index >= 15 is 0 Å². The first-order valence-corrected chi connectivity index (χ1v) is 12.6. The molecule has 0 fully saturated rings. The normalized spacial score (nSPS) is 14.2. The monoisotopic (exact) mass is 452 g/mol. The number of fused-ring (bicyclic) bond motifs is 8. The molecule has 6 aromatic rings. The van der Waals surface area contributed by atoms with Gasteiger partial charge in [0, 0.05) is 21.6 Å². The summed E-state index contributed by atoms with van der Waals surface area (Å²) in [6.07, 6.45) is 0. The van der Waals surface area contributed by atoms with Gasteiger partial charge in [-0.3, -0.25) is 0 Å². The minimum absolute atomic E-state index is 0.0339. The van der Waals surface area contributed by atoms with E-state index in [1.165, 1.54) is 60.5 Å². The van der Waals surface area contributed by atoms with Crippen LogP contribution in [0.1, 0.15) is 50.3 Å². The molecule has 0 radical (unpaired) electrons.